The molecule has 6 atom stereocenters. The smallest absolute Gasteiger partial charge is 0.293 e. The molecule has 2 N–H and O–H groups in total. The van der Waals surface area contributed by atoms with Crippen LogP contribution in [-0.2, 0) is 30.2 Å². The van der Waals surface area contributed by atoms with Crippen LogP contribution in [0.2, 0.25) is 0 Å². The Labute approximate surface area is 252 Å². The van der Waals surface area contributed by atoms with Crippen LogP contribution in [0.3, 0.4) is 0 Å². The summed E-state index contributed by atoms with van der Waals surface area (Å²) in [6.07, 6.45) is 9.34. The highest BCUT2D eigenvalue weighted by molar-refractivity contribution is 5.41. The largest absolute Gasteiger partial charge is 0.468 e. The molecule has 0 amide bonds. The van der Waals surface area contributed by atoms with Crippen LogP contribution in [0.4, 0.5) is 0 Å². The van der Waals surface area contributed by atoms with E-state index in [1.807, 2.05) is 0 Å². The number of fused-ring (bicyclic) bond motifs is 5. The van der Waals surface area contributed by atoms with E-state index in [1.54, 1.807) is 14.2 Å². The van der Waals surface area contributed by atoms with Crippen molar-refractivity contribution in [2.24, 2.45) is 23.2 Å². The van der Waals surface area contributed by atoms with Crippen molar-refractivity contribution >= 4 is 6.47 Å². The summed E-state index contributed by atoms with van der Waals surface area (Å²) in [5, 5.41) is 0. The number of unbranched alkanes of at least 4 members (excludes halogenated alkanes) is 1. The molecule has 234 valence electrons. The molecule has 3 aliphatic rings. The third kappa shape index (κ3) is 8.13. The normalized spacial score (nSPS) is 27.3. The van der Waals surface area contributed by atoms with E-state index in [-0.39, 0.29) is 23.8 Å². The van der Waals surface area contributed by atoms with Gasteiger partial charge in [0.25, 0.3) is 6.47 Å². The zero-order chi connectivity index (χ0) is 29.2. The third-order valence-corrected chi connectivity index (χ3v) is 9.89. The average molecular weight is 585 g/mol. The standard InChI is InChI=1S/C27H40O6.C8H10.H2O/c1-27-12-11-23-22-8-7-21(32-17-29-2)15-20(22)14-19(6-4-5-13-31-16-28)26(23)24(27)9-10-25(27)33-18-30-3;1-7-3-5-8(2)6-4-7;/h7-8,15-16,19,23-26H,4-6,9-14,17-18H2,1-3H3;3-6H,1-2H3;1H2/t19-,23-,24+,25+,26-,27+;;/m1../s1. The molecule has 0 bridgehead atoms. The fraction of sp³-hybridized carbons (Fsp3) is 0.629. The van der Waals surface area contributed by atoms with Gasteiger partial charge in [-0.2, -0.15) is 0 Å². The summed E-state index contributed by atoms with van der Waals surface area (Å²) < 4.78 is 27.2. The van der Waals surface area contributed by atoms with Gasteiger partial charge in [0.2, 0.25) is 0 Å². The number of rotatable bonds is 12. The first-order chi connectivity index (χ1) is 19.9. The van der Waals surface area contributed by atoms with Crippen molar-refractivity contribution in [2.45, 2.75) is 84.2 Å². The fourth-order valence-corrected chi connectivity index (χ4v) is 7.92. The van der Waals surface area contributed by atoms with Gasteiger partial charge in [0.05, 0.1) is 12.7 Å². The van der Waals surface area contributed by atoms with Crippen molar-refractivity contribution in [3.8, 4) is 5.75 Å². The molecule has 2 saturated carbocycles. The fourth-order valence-electron chi connectivity index (χ4n) is 7.92. The minimum absolute atomic E-state index is 0. The van der Waals surface area contributed by atoms with Crippen LogP contribution in [0.15, 0.2) is 42.5 Å². The molecule has 7 nitrogen and oxygen atoms in total. The van der Waals surface area contributed by atoms with Crippen LogP contribution in [0.5, 0.6) is 5.75 Å². The number of hydrogen-bond acceptors (Lipinski definition) is 6. The van der Waals surface area contributed by atoms with E-state index < -0.39 is 0 Å². The topological polar surface area (TPSA) is 94.7 Å². The Kier molecular flexibility index (Phi) is 13.3. The van der Waals surface area contributed by atoms with E-state index in [1.165, 1.54) is 47.9 Å². The molecule has 5 rings (SSSR count). The second-order valence-electron chi connectivity index (χ2n) is 12.5. The molecule has 2 fully saturated rings. The second kappa shape index (κ2) is 16.4. The molecule has 0 spiro atoms. The highest BCUT2D eigenvalue weighted by Crippen LogP contribution is 2.63. The van der Waals surface area contributed by atoms with Gasteiger partial charge in [-0.15, -0.1) is 0 Å². The molecule has 0 aliphatic heterocycles. The van der Waals surface area contributed by atoms with Crippen LogP contribution >= 0.6 is 0 Å². The Hall–Kier alpha value is -2.45. The lowest BCUT2D eigenvalue weighted by Crippen LogP contribution is -2.47. The van der Waals surface area contributed by atoms with Crippen LogP contribution in [0.1, 0.15) is 80.0 Å². The van der Waals surface area contributed by atoms with E-state index in [9.17, 15) is 4.79 Å². The highest BCUT2D eigenvalue weighted by atomic mass is 16.7. The quantitative estimate of drug-likeness (QED) is 0.159. The van der Waals surface area contributed by atoms with Gasteiger partial charge >= 0.3 is 0 Å². The van der Waals surface area contributed by atoms with Crippen molar-refractivity contribution in [1.82, 2.24) is 0 Å². The van der Waals surface area contributed by atoms with Crippen molar-refractivity contribution in [3.05, 3.63) is 64.7 Å². The van der Waals surface area contributed by atoms with Gasteiger partial charge in [0, 0.05) is 14.2 Å². The summed E-state index contributed by atoms with van der Waals surface area (Å²) in [5.74, 6) is 3.46. The van der Waals surface area contributed by atoms with Gasteiger partial charge in [-0.3, -0.25) is 4.79 Å². The molecule has 0 saturated heterocycles. The molecule has 3 aliphatic carbocycles. The lowest BCUT2D eigenvalue weighted by atomic mass is 9.52. The van der Waals surface area contributed by atoms with Gasteiger partial charge in [-0.05, 0) is 118 Å². The Morgan fingerprint density at radius 2 is 1.64 bits per heavy atom. The van der Waals surface area contributed by atoms with Crippen molar-refractivity contribution in [1.29, 1.82) is 0 Å². The SMILES string of the molecule is COCOc1ccc2c(c1)C[C@@H](CCCCOC=O)[C@@H]1[C@@H]2CC[C@]2(C)[C@@H](OCOC)CC[C@@H]12.Cc1ccc(C)cc1.O. The molecule has 7 heteroatoms. The molecule has 0 aromatic heterocycles. The average Bonchev–Trinajstić information content (AvgIpc) is 3.32. The molecular weight excluding hydrogens is 532 g/mol. The van der Waals surface area contributed by atoms with Crippen LogP contribution in [-0.4, -0.2) is 52.5 Å². The van der Waals surface area contributed by atoms with E-state index >= 15 is 0 Å². The molecule has 0 heterocycles. The van der Waals surface area contributed by atoms with Gasteiger partial charge in [0.1, 0.15) is 12.5 Å². The van der Waals surface area contributed by atoms with Gasteiger partial charge in [-0.25, -0.2) is 0 Å². The maximum atomic E-state index is 10.5. The second-order valence-corrected chi connectivity index (χ2v) is 12.5. The van der Waals surface area contributed by atoms with E-state index in [2.05, 4.69) is 63.2 Å². The molecule has 2 aromatic rings. The number of ether oxygens (including phenoxy) is 5. The lowest BCUT2D eigenvalue weighted by molar-refractivity contribution is -0.129. The summed E-state index contributed by atoms with van der Waals surface area (Å²) >= 11 is 0. The van der Waals surface area contributed by atoms with Crippen molar-refractivity contribution < 1.29 is 34.0 Å². The third-order valence-electron chi connectivity index (χ3n) is 9.89. The Bertz CT molecular complexity index is 1070. The van der Waals surface area contributed by atoms with Crippen molar-refractivity contribution in [3.63, 3.8) is 0 Å². The Balaban J connectivity index is 0.000000466. The summed E-state index contributed by atoms with van der Waals surface area (Å²) in [5.41, 5.74) is 5.84. The number of benzene rings is 2. The summed E-state index contributed by atoms with van der Waals surface area (Å²) in [6.45, 7) is 8.39. The summed E-state index contributed by atoms with van der Waals surface area (Å²) in [6, 6.07) is 15.1. The maximum Gasteiger partial charge on any atom is 0.293 e. The zero-order valence-electron chi connectivity index (χ0n) is 26.2. The number of hydrogen-bond donors (Lipinski definition) is 0. The van der Waals surface area contributed by atoms with Crippen LogP contribution in [0, 0.1) is 37.0 Å². The minimum Gasteiger partial charge on any atom is -0.468 e. The number of carbonyl (C=O) groups is 1. The first kappa shape index (κ1) is 34.0. The summed E-state index contributed by atoms with van der Waals surface area (Å²) in [4.78, 5) is 10.5. The maximum absolute atomic E-state index is 10.5. The van der Waals surface area contributed by atoms with Gasteiger partial charge in [0.15, 0.2) is 6.79 Å². The predicted molar refractivity (Wildman–Crippen MR) is 165 cm³/mol. The van der Waals surface area contributed by atoms with Crippen LogP contribution in [0.25, 0.3) is 0 Å². The summed E-state index contributed by atoms with van der Waals surface area (Å²) in [7, 11) is 3.36. The molecule has 2 aromatic carbocycles. The van der Waals surface area contributed by atoms with E-state index in [0.717, 1.165) is 31.4 Å². The predicted octanol–water partition coefficient (Wildman–Crippen LogP) is 6.56. The molecule has 42 heavy (non-hydrogen) atoms. The molecular formula is C35H52O7. The number of aryl methyl sites for hydroxylation is 2. The first-order valence-electron chi connectivity index (χ1n) is 15.3. The van der Waals surface area contributed by atoms with Crippen LogP contribution < -0.4 is 4.74 Å². The molecule has 0 unspecified atom stereocenters. The van der Waals surface area contributed by atoms with Crippen molar-refractivity contribution in [2.75, 3.05) is 34.4 Å². The Morgan fingerprint density at radius 1 is 0.929 bits per heavy atom. The number of methoxy groups -OCH3 is 2. The Morgan fingerprint density at radius 3 is 2.31 bits per heavy atom. The van der Waals surface area contributed by atoms with Gasteiger partial charge < -0.3 is 29.2 Å². The number of carbonyl (C=O) groups excluding carboxylic acids is 1. The van der Waals surface area contributed by atoms with E-state index in [0.29, 0.717) is 43.5 Å². The zero-order valence-corrected chi connectivity index (χ0v) is 26.2. The van der Waals surface area contributed by atoms with E-state index in [4.69, 9.17) is 23.7 Å². The minimum atomic E-state index is 0. The highest BCUT2D eigenvalue weighted by Gasteiger charge is 2.57. The first-order valence-corrected chi connectivity index (χ1v) is 15.3. The molecule has 0 radical (unpaired) electrons. The van der Waals surface area contributed by atoms with Gasteiger partial charge in [-0.1, -0.05) is 48.4 Å². The lowest BCUT2D eigenvalue weighted by Gasteiger charge is -2.53. The monoisotopic (exact) mass is 584 g/mol.